The SMILES string of the molecule is CC(Nc1cccc(C#N)c1[N+](=O)[O-])C1CCCO1. The first-order valence-electron chi connectivity index (χ1n) is 6.19. The molecule has 1 aromatic carbocycles. The predicted octanol–water partition coefficient (Wildman–Crippen LogP) is 2.45. The number of nitro groups is 1. The highest BCUT2D eigenvalue weighted by molar-refractivity contribution is 5.68. The van der Waals surface area contributed by atoms with Crippen LogP contribution in [0.1, 0.15) is 25.3 Å². The second-order valence-corrected chi connectivity index (χ2v) is 4.56. The van der Waals surface area contributed by atoms with Gasteiger partial charge >= 0.3 is 5.69 Å². The van der Waals surface area contributed by atoms with Gasteiger partial charge in [-0.1, -0.05) is 6.07 Å². The summed E-state index contributed by atoms with van der Waals surface area (Å²) >= 11 is 0. The molecule has 0 bridgehead atoms. The van der Waals surface area contributed by atoms with Gasteiger partial charge < -0.3 is 10.1 Å². The molecule has 1 heterocycles. The van der Waals surface area contributed by atoms with E-state index in [9.17, 15) is 10.1 Å². The van der Waals surface area contributed by atoms with E-state index in [2.05, 4.69) is 5.32 Å². The van der Waals surface area contributed by atoms with E-state index in [0.29, 0.717) is 5.69 Å². The van der Waals surface area contributed by atoms with E-state index in [1.807, 2.05) is 13.0 Å². The average Bonchev–Trinajstić information content (AvgIpc) is 2.92. The number of anilines is 1. The molecule has 1 aliphatic heterocycles. The third-order valence-electron chi connectivity index (χ3n) is 3.24. The monoisotopic (exact) mass is 261 g/mol. The third kappa shape index (κ3) is 2.83. The molecule has 1 N–H and O–H groups in total. The number of nitrogens with one attached hydrogen (secondary N) is 1. The number of hydrogen-bond acceptors (Lipinski definition) is 5. The van der Waals surface area contributed by atoms with Gasteiger partial charge in [0, 0.05) is 12.6 Å². The van der Waals surface area contributed by atoms with Crippen molar-refractivity contribution in [2.75, 3.05) is 11.9 Å². The zero-order chi connectivity index (χ0) is 13.8. The topological polar surface area (TPSA) is 88.2 Å². The first-order valence-corrected chi connectivity index (χ1v) is 6.19. The molecule has 19 heavy (non-hydrogen) atoms. The van der Waals surface area contributed by atoms with Crippen molar-refractivity contribution in [2.45, 2.75) is 31.9 Å². The minimum atomic E-state index is -0.525. The summed E-state index contributed by atoms with van der Waals surface area (Å²) in [5.41, 5.74) is 0.261. The van der Waals surface area contributed by atoms with E-state index in [-0.39, 0.29) is 23.4 Å². The van der Waals surface area contributed by atoms with E-state index in [1.165, 1.54) is 6.07 Å². The molecule has 2 rings (SSSR count). The fourth-order valence-electron chi connectivity index (χ4n) is 2.28. The number of nitriles is 1. The number of para-hydroxylation sites is 1. The molecule has 0 radical (unpaired) electrons. The van der Waals surface area contributed by atoms with Gasteiger partial charge in [0.15, 0.2) is 0 Å². The smallest absolute Gasteiger partial charge is 0.309 e. The van der Waals surface area contributed by atoms with Crippen LogP contribution >= 0.6 is 0 Å². The minimum absolute atomic E-state index is 0.0323. The van der Waals surface area contributed by atoms with Crippen LogP contribution in [0.3, 0.4) is 0 Å². The lowest BCUT2D eigenvalue weighted by Crippen LogP contribution is -2.30. The van der Waals surface area contributed by atoms with Crippen LogP contribution in [0.15, 0.2) is 18.2 Å². The van der Waals surface area contributed by atoms with Crippen LogP contribution in [0.25, 0.3) is 0 Å². The van der Waals surface area contributed by atoms with Crippen LogP contribution in [0.5, 0.6) is 0 Å². The van der Waals surface area contributed by atoms with Gasteiger partial charge in [-0.25, -0.2) is 0 Å². The number of benzene rings is 1. The van der Waals surface area contributed by atoms with Crippen LogP contribution in [-0.4, -0.2) is 23.7 Å². The van der Waals surface area contributed by atoms with Crippen molar-refractivity contribution in [2.24, 2.45) is 0 Å². The van der Waals surface area contributed by atoms with Gasteiger partial charge in [-0.2, -0.15) is 5.26 Å². The minimum Gasteiger partial charge on any atom is -0.376 e. The van der Waals surface area contributed by atoms with Crippen LogP contribution < -0.4 is 5.32 Å². The summed E-state index contributed by atoms with van der Waals surface area (Å²) in [5, 5.41) is 23.1. The number of nitro benzene ring substituents is 1. The Hall–Kier alpha value is -2.13. The summed E-state index contributed by atoms with van der Waals surface area (Å²) < 4.78 is 5.55. The molecule has 6 nitrogen and oxygen atoms in total. The zero-order valence-corrected chi connectivity index (χ0v) is 10.6. The average molecular weight is 261 g/mol. The lowest BCUT2D eigenvalue weighted by atomic mass is 10.1. The van der Waals surface area contributed by atoms with Gasteiger partial charge in [-0.15, -0.1) is 0 Å². The molecule has 100 valence electrons. The van der Waals surface area contributed by atoms with Gasteiger partial charge in [0.05, 0.1) is 11.0 Å². The lowest BCUT2D eigenvalue weighted by molar-refractivity contribution is -0.384. The largest absolute Gasteiger partial charge is 0.376 e. The fraction of sp³-hybridized carbons (Fsp3) is 0.462. The molecule has 0 saturated carbocycles. The van der Waals surface area contributed by atoms with Crippen LogP contribution in [0.4, 0.5) is 11.4 Å². The number of rotatable bonds is 4. The fourth-order valence-corrected chi connectivity index (χ4v) is 2.28. The van der Waals surface area contributed by atoms with E-state index in [4.69, 9.17) is 10.00 Å². The molecule has 1 aromatic rings. The summed E-state index contributed by atoms with van der Waals surface area (Å²) in [5.74, 6) is 0. The zero-order valence-electron chi connectivity index (χ0n) is 10.6. The van der Waals surface area contributed by atoms with E-state index in [0.717, 1.165) is 19.4 Å². The molecular weight excluding hydrogens is 246 g/mol. The van der Waals surface area contributed by atoms with Crippen LogP contribution in [0, 0.1) is 21.4 Å². The van der Waals surface area contributed by atoms with E-state index < -0.39 is 4.92 Å². The summed E-state index contributed by atoms with van der Waals surface area (Å²) in [7, 11) is 0. The van der Waals surface area contributed by atoms with Crippen LogP contribution in [-0.2, 0) is 4.74 Å². The first kappa shape index (κ1) is 13.3. The molecule has 6 heteroatoms. The van der Waals surface area contributed by atoms with Crippen molar-refractivity contribution in [1.82, 2.24) is 0 Å². The van der Waals surface area contributed by atoms with Crippen LogP contribution in [0.2, 0.25) is 0 Å². The normalized spacial score (nSPS) is 19.7. The Morgan fingerprint density at radius 3 is 3.00 bits per heavy atom. The maximum absolute atomic E-state index is 11.1. The van der Waals surface area contributed by atoms with Crippen molar-refractivity contribution < 1.29 is 9.66 Å². The summed E-state index contributed by atoms with van der Waals surface area (Å²) in [6.45, 7) is 2.66. The highest BCUT2D eigenvalue weighted by Gasteiger charge is 2.26. The predicted molar refractivity (Wildman–Crippen MR) is 69.9 cm³/mol. The summed E-state index contributed by atoms with van der Waals surface area (Å²) in [6, 6.07) is 6.51. The molecule has 0 spiro atoms. The molecular formula is C13H15N3O3. The maximum Gasteiger partial charge on any atom is 0.309 e. The molecule has 0 aliphatic carbocycles. The van der Waals surface area contributed by atoms with Crippen molar-refractivity contribution in [3.05, 3.63) is 33.9 Å². The Morgan fingerprint density at radius 1 is 1.63 bits per heavy atom. The third-order valence-corrected chi connectivity index (χ3v) is 3.24. The molecule has 1 aliphatic rings. The standard InChI is InChI=1S/C13H15N3O3/c1-9(12-6-3-7-19-12)15-11-5-2-4-10(8-14)13(11)16(17)18/h2,4-5,9,12,15H,3,6-7H2,1H3. The lowest BCUT2D eigenvalue weighted by Gasteiger charge is -2.21. The highest BCUT2D eigenvalue weighted by Crippen LogP contribution is 2.30. The van der Waals surface area contributed by atoms with Gasteiger partial charge in [0.1, 0.15) is 17.3 Å². The molecule has 1 fully saturated rings. The van der Waals surface area contributed by atoms with Crippen molar-refractivity contribution in [3.8, 4) is 6.07 Å². The Labute approximate surface area is 111 Å². The second kappa shape index (κ2) is 5.67. The van der Waals surface area contributed by atoms with Gasteiger partial charge in [-0.05, 0) is 31.9 Å². The number of nitrogens with zero attached hydrogens (tertiary/aromatic N) is 2. The molecule has 2 atom stereocenters. The van der Waals surface area contributed by atoms with E-state index >= 15 is 0 Å². The quantitative estimate of drug-likeness (QED) is 0.664. The van der Waals surface area contributed by atoms with E-state index in [1.54, 1.807) is 12.1 Å². The van der Waals surface area contributed by atoms with Crippen molar-refractivity contribution in [3.63, 3.8) is 0 Å². The molecule has 1 saturated heterocycles. The number of hydrogen-bond donors (Lipinski definition) is 1. The first-order chi connectivity index (χ1) is 9.13. The summed E-state index contributed by atoms with van der Waals surface area (Å²) in [4.78, 5) is 10.6. The van der Waals surface area contributed by atoms with Crippen molar-refractivity contribution in [1.29, 1.82) is 5.26 Å². The van der Waals surface area contributed by atoms with Gasteiger partial charge in [0.25, 0.3) is 0 Å². The second-order valence-electron chi connectivity index (χ2n) is 4.56. The Kier molecular flexibility index (Phi) is 3.97. The molecule has 0 amide bonds. The molecule has 2 unspecified atom stereocenters. The molecule has 0 aromatic heterocycles. The highest BCUT2D eigenvalue weighted by atomic mass is 16.6. The van der Waals surface area contributed by atoms with Crippen molar-refractivity contribution >= 4 is 11.4 Å². The van der Waals surface area contributed by atoms with Gasteiger partial charge in [0.2, 0.25) is 0 Å². The number of ether oxygens (including phenoxy) is 1. The van der Waals surface area contributed by atoms with Gasteiger partial charge in [-0.3, -0.25) is 10.1 Å². The Bertz CT molecular complexity index is 518. The Balaban J connectivity index is 2.24. The maximum atomic E-state index is 11.1. The Morgan fingerprint density at radius 2 is 2.42 bits per heavy atom. The summed E-state index contributed by atoms with van der Waals surface area (Å²) in [6.07, 6.45) is 2.02.